The predicted molar refractivity (Wildman–Crippen MR) is 150 cm³/mol. The van der Waals surface area contributed by atoms with E-state index in [2.05, 4.69) is 10.1 Å². The molecule has 1 aliphatic heterocycles. The summed E-state index contributed by atoms with van der Waals surface area (Å²) in [7, 11) is 1.85. The van der Waals surface area contributed by atoms with E-state index in [1.54, 1.807) is 22.9 Å². The zero-order valence-electron chi connectivity index (χ0n) is 23.4. The number of halogens is 1. The van der Waals surface area contributed by atoms with E-state index >= 15 is 0 Å². The molecular formula is C30H35FN6O4. The first-order valence-corrected chi connectivity index (χ1v) is 14.2. The Balaban J connectivity index is 1.07. The zero-order valence-corrected chi connectivity index (χ0v) is 23.4. The first-order valence-electron chi connectivity index (χ1n) is 14.2. The van der Waals surface area contributed by atoms with Gasteiger partial charge >= 0.3 is 0 Å². The van der Waals surface area contributed by atoms with Crippen LogP contribution in [0.25, 0.3) is 16.7 Å². The van der Waals surface area contributed by atoms with E-state index in [1.165, 1.54) is 23.0 Å². The van der Waals surface area contributed by atoms with Crippen molar-refractivity contribution in [1.29, 1.82) is 0 Å². The average molecular weight is 563 g/mol. The molecule has 1 N–H and O–H groups in total. The Kier molecular flexibility index (Phi) is 7.14. The van der Waals surface area contributed by atoms with Crippen molar-refractivity contribution in [3.05, 3.63) is 70.8 Å². The van der Waals surface area contributed by atoms with Crippen molar-refractivity contribution >= 4 is 16.9 Å². The number of aromatic nitrogens is 5. The van der Waals surface area contributed by atoms with Crippen LogP contribution in [0.2, 0.25) is 0 Å². The summed E-state index contributed by atoms with van der Waals surface area (Å²) in [6.07, 6.45) is 7.32. The molecule has 1 saturated carbocycles. The summed E-state index contributed by atoms with van der Waals surface area (Å²) >= 11 is 0. The highest BCUT2D eigenvalue weighted by Crippen LogP contribution is 2.31. The van der Waals surface area contributed by atoms with Crippen molar-refractivity contribution in [3.8, 4) is 11.6 Å². The molecule has 2 aliphatic rings. The molecule has 4 heterocycles. The number of ether oxygens (including phenoxy) is 1. The van der Waals surface area contributed by atoms with E-state index in [0.717, 1.165) is 31.4 Å². The number of hydrogen-bond donors (Lipinski definition) is 1. The van der Waals surface area contributed by atoms with Gasteiger partial charge in [0.2, 0.25) is 11.8 Å². The largest absolute Gasteiger partial charge is 0.473 e. The van der Waals surface area contributed by atoms with Gasteiger partial charge in [-0.15, -0.1) is 5.10 Å². The van der Waals surface area contributed by atoms with Crippen molar-refractivity contribution in [1.82, 2.24) is 28.8 Å². The van der Waals surface area contributed by atoms with Crippen LogP contribution in [0.1, 0.15) is 44.2 Å². The van der Waals surface area contributed by atoms with Gasteiger partial charge in [0.05, 0.1) is 17.5 Å². The Morgan fingerprint density at radius 1 is 1.12 bits per heavy atom. The quantitative estimate of drug-likeness (QED) is 0.386. The maximum absolute atomic E-state index is 13.4. The van der Waals surface area contributed by atoms with E-state index in [-0.39, 0.29) is 35.9 Å². The smallest absolute Gasteiger partial charge is 0.262 e. The van der Waals surface area contributed by atoms with E-state index in [4.69, 9.17) is 4.74 Å². The minimum atomic E-state index is -1.11. The van der Waals surface area contributed by atoms with Crippen LogP contribution in [0.15, 0.2) is 53.7 Å². The fourth-order valence-corrected chi connectivity index (χ4v) is 6.20. The summed E-state index contributed by atoms with van der Waals surface area (Å²) in [4.78, 5) is 33.0. The monoisotopic (exact) mass is 562 g/mol. The molecule has 1 saturated heterocycles. The molecule has 4 aromatic rings. The third-order valence-corrected chi connectivity index (χ3v) is 8.52. The van der Waals surface area contributed by atoms with Gasteiger partial charge in [0.25, 0.3) is 5.56 Å². The molecule has 3 aromatic heterocycles. The number of aliphatic hydroxyl groups is 1. The number of nitrogens with zero attached hydrogens (tertiary/aromatic N) is 6. The van der Waals surface area contributed by atoms with Gasteiger partial charge in [-0.05, 0) is 75.8 Å². The molecule has 0 radical (unpaired) electrons. The number of piperidine rings is 1. The Labute approximate surface area is 237 Å². The minimum Gasteiger partial charge on any atom is -0.473 e. The normalized spacial score (nSPS) is 20.8. The van der Waals surface area contributed by atoms with Crippen molar-refractivity contribution in [2.24, 2.45) is 13.0 Å². The van der Waals surface area contributed by atoms with Gasteiger partial charge in [-0.25, -0.2) is 9.37 Å². The fraction of sp³-hybridized carbons (Fsp3) is 0.467. The Bertz CT molecular complexity index is 1610. The standard InChI is InChI=1S/C30H35FN6O4/c1-20-17-25-27(37(20)23-7-5-22(31)6-8-23)32-19-36(29(25)39)18-30(40)12-15-35(16-13-30)28(38)21-3-9-24(10-4-21)41-26-11-14-34(2)33-26/h5-8,11,14,17,19,21,24,40H,3-4,9-10,12-13,15-16,18H2,1-2H3/t21-,24-. The third-order valence-electron chi connectivity index (χ3n) is 8.52. The first-order chi connectivity index (χ1) is 19.7. The number of hydrogen-bond acceptors (Lipinski definition) is 6. The van der Waals surface area contributed by atoms with E-state index in [1.807, 2.05) is 35.7 Å². The summed E-state index contributed by atoms with van der Waals surface area (Å²) in [6, 6.07) is 9.66. The van der Waals surface area contributed by atoms with E-state index < -0.39 is 5.60 Å². The number of aryl methyl sites for hydroxylation is 2. The van der Waals surface area contributed by atoms with Crippen LogP contribution in [0, 0.1) is 18.7 Å². The molecule has 1 amide bonds. The molecule has 216 valence electrons. The number of carbonyl (C=O) groups is 1. The lowest BCUT2D eigenvalue weighted by molar-refractivity contribution is -0.141. The Hall–Kier alpha value is -3.99. The fourth-order valence-electron chi connectivity index (χ4n) is 6.20. The van der Waals surface area contributed by atoms with Crippen LogP contribution in [-0.4, -0.2) is 64.6 Å². The third kappa shape index (κ3) is 5.50. The van der Waals surface area contributed by atoms with Gasteiger partial charge < -0.3 is 14.7 Å². The lowest BCUT2D eigenvalue weighted by Gasteiger charge is -2.40. The summed E-state index contributed by atoms with van der Waals surface area (Å²) in [5.74, 6) is 0.387. The Morgan fingerprint density at radius 2 is 1.83 bits per heavy atom. The summed E-state index contributed by atoms with van der Waals surface area (Å²) in [6.45, 7) is 2.87. The van der Waals surface area contributed by atoms with Crippen LogP contribution in [-0.2, 0) is 18.4 Å². The molecule has 1 aliphatic carbocycles. The maximum Gasteiger partial charge on any atom is 0.262 e. The number of carbonyl (C=O) groups excluding carboxylic acids is 1. The number of fused-ring (bicyclic) bond motifs is 1. The lowest BCUT2D eigenvalue weighted by atomic mass is 9.85. The van der Waals surface area contributed by atoms with Crippen LogP contribution >= 0.6 is 0 Å². The second-order valence-corrected chi connectivity index (χ2v) is 11.5. The predicted octanol–water partition coefficient (Wildman–Crippen LogP) is 3.36. The van der Waals surface area contributed by atoms with Gasteiger partial charge in [-0.2, -0.15) is 0 Å². The van der Waals surface area contributed by atoms with Crippen molar-refractivity contribution < 1.29 is 19.0 Å². The van der Waals surface area contributed by atoms with Gasteiger partial charge in [-0.3, -0.25) is 23.4 Å². The van der Waals surface area contributed by atoms with Crippen LogP contribution < -0.4 is 10.3 Å². The van der Waals surface area contributed by atoms with Crippen molar-refractivity contribution in [2.45, 2.75) is 63.7 Å². The maximum atomic E-state index is 13.4. The van der Waals surface area contributed by atoms with Crippen molar-refractivity contribution in [2.75, 3.05) is 13.1 Å². The molecule has 0 atom stereocenters. The highest BCUT2D eigenvalue weighted by Gasteiger charge is 2.37. The highest BCUT2D eigenvalue weighted by molar-refractivity contribution is 5.79. The molecule has 41 heavy (non-hydrogen) atoms. The lowest BCUT2D eigenvalue weighted by Crippen LogP contribution is -2.51. The Morgan fingerprint density at radius 3 is 2.49 bits per heavy atom. The summed E-state index contributed by atoms with van der Waals surface area (Å²) < 4.78 is 24.4. The first kappa shape index (κ1) is 27.2. The minimum absolute atomic E-state index is 0.0348. The molecular weight excluding hydrogens is 527 g/mol. The molecule has 11 heteroatoms. The van der Waals surface area contributed by atoms with Crippen molar-refractivity contribution in [3.63, 3.8) is 0 Å². The molecule has 0 unspecified atom stereocenters. The molecule has 0 spiro atoms. The molecule has 2 fully saturated rings. The van der Waals surface area contributed by atoms with Gasteiger partial charge in [0.1, 0.15) is 18.2 Å². The zero-order chi connectivity index (χ0) is 28.7. The second-order valence-electron chi connectivity index (χ2n) is 11.5. The van der Waals surface area contributed by atoms with Crippen LogP contribution in [0.5, 0.6) is 5.88 Å². The number of amides is 1. The highest BCUT2D eigenvalue weighted by atomic mass is 19.1. The SMILES string of the molecule is Cc1cc2c(=O)n(CC3(O)CCN(C(=O)[C@H]4CC[C@H](Oc5ccn(C)n5)CC4)CC3)cnc2n1-c1ccc(F)cc1. The topological polar surface area (TPSA) is 107 Å². The van der Waals surface area contributed by atoms with Gasteiger partial charge in [-0.1, -0.05) is 0 Å². The van der Waals surface area contributed by atoms with E-state index in [0.29, 0.717) is 48.5 Å². The van der Waals surface area contributed by atoms with Crippen LogP contribution in [0.4, 0.5) is 4.39 Å². The molecule has 10 nitrogen and oxygen atoms in total. The summed E-state index contributed by atoms with van der Waals surface area (Å²) in [5.41, 5.74) is 0.655. The average Bonchev–Trinajstić information content (AvgIpc) is 3.53. The molecule has 6 rings (SSSR count). The number of benzene rings is 1. The van der Waals surface area contributed by atoms with Crippen LogP contribution in [0.3, 0.4) is 0 Å². The molecule has 0 bridgehead atoms. The van der Waals surface area contributed by atoms with E-state index in [9.17, 15) is 19.1 Å². The summed E-state index contributed by atoms with van der Waals surface area (Å²) in [5, 5.41) is 16.1. The second kappa shape index (κ2) is 10.8. The number of likely N-dealkylation sites (tertiary alicyclic amines) is 1. The molecule has 1 aromatic carbocycles. The van der Waals surface area contributed by atoms with Gasteiger partial charge in [0.15, 0.2) is 5.65 Å². The number of rotatable bonds is 6. The van der Waals surface area contributed by atoms with Gasteiger partial charge in [0, 0.05) is 49.7 Å².